The van der Waals surface area contributed by atoms with Gasteiger partial charge in [0, 0.05) is 12.8 Å². The van der Waals surface area contributed by atoms with Gasteiger partial charge in [0.25, 0.3) is 7.82 Å². The Kier molecular flexibility index (Phi) is 37.9. The number of phosphoric ester groups is 1. The van der Waals surface area contributed by atoms with Crippen LogP contribution < -0.4 is 4.89 Å². The third kappa shape index (κ3) is 42.1. The predicted molar refractivity (Wildman–Crippen MR) is 231 cm³/mol. The molecule has 0 N–H and O–H groups in total. The molecule has 0 radical (unpaired) electrons. The summed E-state index contributed by atoms with van der Waals surface area (Å²) in [5, 5.41) is 0. The molecule has 2 atom stereocenters. The number of phosphoric acid groups is 1. The van der Waals surface area contributed by atoms with E-state index in [1.54, 1.807) is 0 Å². The molecule has 10 heteroatoms. The second-order valence-electron chi connectivity index (χ2n) is 16.8. The van der Waals surface area contributed by atoms with Gasteiger partial charge in [-0.25, -0.2) is 0 Å². The summed E-state index contributed by atoms with van der Waals surface area (Å²) in [5.74, 6) is -0.835. The highest BCUT2D eigenvalue weighted by atomic mass is 31.2. The second-order valence-corrected chi connectivity index (χ2v) is 18.2. The van der Waals surface area contributed by atoms with Crippen LogP contribution in [0.5, 0.6) is 0 Å². The van der Waals surface area contributed by atoms with E-state index in [0.717, 1.165) is 51.4 Å². The zero-order valence-corrected chi connectivity index (χ0v) is 38.0. The highest BCUT2D eigenvalue weighted by Crippen LogP contribution is 2.38. The van der Waals surface area contributed by atoms with Crippen LogP contribution in [0.25, 0.3) is 0 Å². The normalized spacial score (nSPS) is 13.8. The van der Waals surface area contributed by atoms with Crippen molar-refractivity contribution in [2.75, 3.05) is 47.5 Å². The van der Waals surface area contributed by atoms with E-state index in [1.165, 1.54) is 122 Å². The molecule has 0 saturated heterocycles. The van der Waals surface area contributed by atoms with Gasteiger partial charge < -0.3 is 27.9 Å². The summed E-state index contributed by atoms with van der Waals surface area (Å²) >= 11 is 0. The van der Waals surface area contributed by atoms with Gasteiger partial charge in [0.15, 0.2) is 6.10 Å². The van der Waals surface area contributed by atoms with Crippen molar-refractivity contribution in [2.24, 2.45) is 0 Å². The Morgan fingerprint density at radius 3 is 1.45 bits per heavy atom. The summed E-state index contributed by atoms with van der Waals surface area (Å²) in [6.07, 6.45) is 41.9. The summed E-state index contributed by atoms with van der Waals surface area (Å²) in [6, 6.07) is 0. The number of hydrogen-bond acceptors (Lipinski definition) is 8. The van der Waals surface area contributed by atoms with E-state index in [4.69, 9.17) is 18.5 Å². The maximum absolute atomic E-state index is 12.7. The number of esters is 2. The topological polar surface area (TPSA) is 111 Å². The fraction of sp³-hybridized carbons (Fsp3) is 0.870. The smallest absolute Gasteiger partial charge is 0.306 e. The number of allylic oxidation sites excluding steroid dienone is 4. The fourth-order valence-corrected chi connectivity index (χ4v) is 7.06. The molecule has 0 saturated carbocycles. The number of quaternary nitrogens is 1. The number of unbranched alkanes of at least 4 members (excludes halogenated alkanes) is 24. The van der Waals surface area contributed by atoms with Gasteiger partial charge in [0.1, 0.15) is 19.8 Å². The maximum Gasteiger partial charge on any atom is 0.306 e. The third-order valence-electron chi connectivity index (χ3n) is 9.97. The molecule has 0 rings (SSSR count). The average molecular weight is 814 g/mol. The minimum atomic E-state index is -4.62. The van der Waals surface area contributed by atoms with Crippen LogP contribution in [-0.2, 0) is 32.7 Å². The molecule has 0 spiro atoms. The van der Waals surface area contributed by atoms with Crippen LogP contribution in [0.15, 0.2) is 24.3 Å². The second kappa shape index (κ2) is 39.0. The Balaban J connectivity index is 4.32. The molecule has 0 bridgehead atoms. The van der Waals surface area contributed by atoms with Gasteiger partial charge in [-0.2, -0.15) is 0 Å². The van der Waals surface area contributed by atoms with Gasteiger partial charge >= 0.3 is 11.9 Å². The van der Waals surface area contributed by atoms with E-state index in [0.29, 0.717) is 17.4 Å². The molecular weight excluding hydrogens is 725 g/mol. The first-order valence-corrected chi connectivity index (χ1v) is 24.5. The van der Waals surface area contributed by atoms with Crippen LogP contribution in [0.4, 0.5) is 0 Å². The van der Waals surface area contributed by atoms with Crippen molar-refractivity contribution < 1.29 is 42.1 Å². The third-order valence-corrected chi connectivity index (χ3v) is 10.9. The lowest BCUT2D eigenvalue weighted by molar-refractivity contribution is -0.870. The molecule has 0 aromatic heterocycles. The van der Waals surface area contributed by atoms with Crippen molar-refractivity contribution in [2.45, 2.75) is 213 Å². The van der Waals surface area contributed by atoms with Crippen molar-refractivity contribution in [1.82, 2.24) is 0 Å². The van der Waals surface area contributed by atoms with Crippen LogP contribution in [0.1, 0.15) is 206 Å². The molecule has 330 valence electrons. The van der Waals surface area contributed by atoms with Gasteiger partial charge in [-0.15, -0.1) is 0 Å². The van der Waals surface area contributed by atoms with Crippen LogP contribution in [0.3, 0.4) is 0 Å². The summed E-state index contributed by atoms with van der Waals surface area (Å²) in [5.41, 5.74) is 0. The van der Waals surface area contributed by atoms with Crippen LogP contribution in [0.2, 0.25) is 0 Å². The summed E-state index contributed by atoms with van der Waals surface area (Å²) < 4.78 is 33.9. The van der Waals surface area contributed by atoms with Crippen molar-refractivity contribution >= 4 is 19.8 Å². The zero-order chi connectivity index (χ0) is 41.4. The van der Waals surface area contributed by atoms with E-state index < -0.39 is 26.5 Å². The standard InChI is InChI=1S/C46H88NO8P/c1-6-8-10-12-14-16-18-20-22-23-25-26-28-30-32-34-36-38-45(48)52-42-44(43-54-56(50,51)53-41-40-47(3,4)5)55-46(49)39-37-35-33-31-29-27-24-21-19-17-15-13-11-9-7-2/h14,16,20,22,44H,6-13,15,17-19,21,23-43H2,1-5H3/b16-14+,22-20+/t44-/m1/s1. The Morgan fingerprint density at radius 2 is 0.964 bits per heavy atom. The lowest BCUT2D eigenvalue weighted by atomic mass is 10.0. The number of likely N-dealkylation sites (N-methyl/N-ethyl adjacent to an activating group) is 1. The molecule has 0 aliphatic carbocycles. The minimum absolute atomic E-state index is 0.0301. The Labute approximate surface area is 345 Å². The van der Waals surface area contributed by atoms with Crippen molar-refractivity contribution in [3.63, 3.8) is 0 Å². The van der Waals surface area contributed by atoms with E-state index in [1.807, 2.05) is 21.1 Å². The molecule has 0 fully saturated rings. The maximum atomic E-state index is 12.7. The van der Waals surface area contributed by atoms with Crippen molar-refractivity contribution in [3.05, 3.63) is 24.3 Å². The van der Waals surface area contributed by atoms with Crippen LogP contribution in [-0.4, -0.2) is 70.0 Å². The highest BCUT2D eigenvalue weighted by molar-refractivity contribution is 7.45. The van der Waals surface area contributed by atoms with E-state index in [9.17, 15) is 19.0 Å². The number of nitrogens with zero attached hydrogens (tertiary/aromatic N) is 1. The molecule has 0 aromatic rings. The molecule has 0 amide bonds. The Bertz CT molecular complexity index is 1010. The first-order chi connectivity index (χ1) is 27.0. The Hall–Kier alpha value is -1.51. The first-order valence-electron chi connectivity index (χ1n) is 23.0. The number of rotatable bonds is 42. The highest BCUT2D eigenvalue weighted by Gasteiger charge is 2.21. The predicted octanol–water partition coefficient (Wildman–Crippen LogP) is 12.5. The first kappa shape index (κ1) is 54.5. The average Bonchev–Trinajstić information content (AvgIpc) is 3.15. The Morgan fingerprint density at radius 1 is 0.554 bits per heavy atom. The molecular formula is C46H88NO8P. The lowest BCUT2D eigenvalue weighted by Crippen LogP contribution is -2.37. The van der Waals surface area contributed by atoms with Crippen molar-refractivity contribution in [3.8, 4) is 0 Å². The summed E-state index contributed by atoms with van der Waals surface area (Å²) in [7, 11) is 1.17. The minimum Gasteiger partial charge on any atom is -0.756 e. The van der Waals surface area contributed by atoms with Gasteiger partial charge in [-0.05, 0) is 44.9 Å². The summed E-state index contributed by atoms with van der Waals surface area (Å²) in [6.45, 7) is 4.21. The van der Waals surface area contributed by atoms with E-state index in [-0.39, 0.29) is 32.0 Å². The van der Waals surface area contributed by atoms with Gasteiger partial charge in [-0.1, -0.05) is 173 Å². The van der Waals surface area contributed by atoms with Gasteiger partial charge in [0.05, 0.1) is 27.7 Å². The largest absolute Gasteiger partial charge is 0.756 e. The van der Waals surface area contributed by atoms with E-state index >= 15 is 0 Å². The zero-order valence-electron chi connectivity index (χ0n) is 37.1. The molecule has 0 aliphatic rings. The fourth-order valence-electron chi connectivity index (χ4n) is 6.33. The monoisotopic (exact) mass is 814 g/mol. The number of carbonyl (C=O) groups is 2. The van der Waals surface area contributed by atoms with Crippen LogP contribution >= 0.6 is 7.82 Å². The molecule has 0 aliphatic heterocycles. The molecule has 9 nitrogen and oxygen atoms in total. The van der Waals surface area contributed by atoms with Gasteiger partial charge in [0.2, 0.25) is 0 Å². The summed E-state index contributed by atoms with van der Waals surface area (Å²) in [4.78, 5) is 37.6. The lowest BCUT2D eigenvalue weighted by Gasteiger charge is -2.28. The molecule has 0 heterocycles. The van der Waals surface area contributed by atoms with Crippen LogP contribution in [0, 0.1) is 0 Å². The molecule has 1 unspecified atom stereocenters. The molecule has 0 aromatic carbocycles. The SMILES string of the molecule is CCCCC/C=C/C/C=C/CCCCCCCCCC(=O)OC[C@H](COP(=O)([O-])OCC[N+](C)(C)C)OC(=O)CCCCCCCCCCCCCCCCC. The number of ether oxygens (including phenoxy) is 2. The quantitative estimate of drug-likeness (QED) is 0.0197. The van der Waals surface area contributed by atoms with E-state index in [2.05, 4.69) is 38.2 Å². The molecule has 56 heavy (non-hydrogen) atoms. The number of hydrogen-bond donors (Lipinski definition) is 0. The van der Waals surface area contributed by atoms with Crippen molar-refractivity contribution in [1.29, 1.82) is 0 Å². The number of carbonyl (C=O) groups excluding carboxylic acids is 2. The van der Waals surface area contributed by atoms with Gasteiger partial charge in [-0.3, -0.25) is 14.2 Å².